The summed E-state index contributed by atoms with van der Waals surface area (Å²) >= 11 is 1.57. The van der Waals surface area contributed by atoms with E-state index in [2.05, 4.69) is 115 Å². The van der Waals surface area contributed by atoms with Crippen LogP contribution in [0.25, 0.3) is 54.6 Å². The average Bonchev–Trinajstić information content (AvgIpc) is 3.37. The molecule has 0 unspecified atom stereocenters. The zero-order valence-corrected chi connectivity index (χ0v) is 19.8. The summed E-state index contributed by atoms with van der Waals surface area (Å²) in [5.74, 6) is 0. The highest BCUT2D eigenvalue weighted by molar-refractivity contribution is 7.21. The van der Waals surface area contributed by atoms with E-state index in [1.807, 2.05) is 12.1 Å². The Morgan fingerprint density at radius 3 is 1.26 bits per heavy atom. The van der Waals surface area contributed by atoms with Crippen LogP contribution in [0.5, 0.6) is 0 Å². The molecule has 1 nitrogen and oxygen atoms in total. The molecule has 0 aliphatic heterocycles. The highest BCUT2D eigenvalue weighted by Gasteiger charge is 2.25. The van der Waals surface area contributed by atoms with Crippen molar-refractivity contribution in [1.82, 2.24) is 0 Å². The fourth-order valence-corrected chi connectivity index (χ4v) is 5.96. The summed E-state index contributed by atoms with van der Waals surface area (Å²) in [6, 6.07) is 44.3. The Morgan fingerprint density at radius 2 is 0.829 bits per heavy atom. The maximum atomic E-state index is 12.0. The molecule has 0 amide bonds. The lowest BCUT2D eigenvalue weighted by molar-refractivity contribution is 0.112. The standard InChI is InChI=1S/C33H22OS/c34-22-27-21-28-29(23-13-5-1-6-14-23)30(24-15-7-2-8-16-24)31(25-17-9-3-10-18-25)32(33(28)35-27)26-19-11-4-12-20-26/h1-22H. The second-order valence-electron chi connectivity index (χ2n) is 8.47. The molecule has 5 aromatic carbocycles. The monoisotopic (exact) mass is 466 g/mol. The van der Waals surface area contributed by atoms with Gasteiger partial charge in [0.2, 0.25) is 0 Å². The fraction of sp³-hybridized carbons (Fsp3) is 0. The zero-order chi connectivity index (χ0) is 23.6. The summed E-state index contributed by atoms with van der Waals surface area (Å²) in [6.07, 6.45) is 0.971. The molecule has 0 aliphatic rings. The SMILES string of the molecule is O=Cc1cc2c(-c3ccccc3)c(-c3ccccc3)c(-c3ccccc3)c(-c3ccccc3)c2s1. The van der Waals surface area contributed by atoms with Gasteiger partial charge in [0.15, 0.2) is 6.29 Å². The number of thiophene rings is 1. The van der Waals surface area contributed by atoms with Gasteiger partial charge in [0.1, 0.15) is 0 Å². The fourth-order valence-electron chi connectivity index (χ4n) is 4.91. The number of aldehydes is 1. The van der Waals surface area contributed by atoms with Gasteiger partial charge in [0.05, 0.1) is 4.88 Å². The third kappa shape index (κ3) is 3.78. The van der Waals surface area contributed by atoms with Gasteiger partial charge >= 0.3 is 0 Å². The molecule has 0 aliphatic carbocycles. The quantitative estimate of drug-likeness (QED) is 0.231. The minimum atomic E-state index is 0.735. The molecule has 6 aromatic rings. The van der Waals surface area contributed by atoms with Crippen molar-refractivity contribution in [3.8, 4) is 44.5 Å². The first-order valence-electron chi connectivity index (χ1n) is 11.7. The highest BCUT2D eigenvalue weighted by atomic mass is 32.1. The van der Waals surface area contributed by atoms with Crippen molar-refractivity contribution in [1.29, 1.82) is 0 Å². The Balaban J connectivity index is 1.90. The van der Waals surface area contributed by atoms with E-state index in [4.69, 9.17) is 0 Å². The van der Waals surface area contributed by atoms with E-state index in [9.17, 15) is 4.79 Å². The lowest BCUT2D eigenvalue weighted by Gasteiger charge is -2.22. The molecular weight excluding hydrogens is 444 g/mol. The second kappa shape index (κ2) is 9.17. The highest BCUT2D eigenvalue weighted by Crippen LogP contribution is 2.52. The number of benzene rings is 5. The Morgan fingerprint density at radius 1 is 0.457 bits per heavy atom. The van der Waals surface area contributed by atoms with Gasteiger partial charge in [-0.3, -0.25) is 4.79 Å². The van der Waals surface area contributed by atoms with Crippen LogP contribution < -0.4 is 0 Å². The lowest BCUT2D eigenvalue weighted by atomic mass is 9.81. The Bertz CT molecular complexity index is 1500. The Hall–Kier alpha value is -4.27. The van der Waals surface area contributed by atoms with Gasteiger partial charge in [-0.25, -0.2) is 0 Å². The van der Waals surface area contributed by atoms with Gasteiger partial charge in [0, 0.05) is 15.6 Å². The van der Waals surface area contributed by atoms with Crippen molar-refractivity contribution in [2.45, 2.75) is 0 Å². The van der Waals surface area contributed by atoms with Crippen LogP contribution in [0, 0.1) is 0 Å². The topological polar surface area (TPSA) is 17.1 Å². The lowest BCUT2D eigenvalue weighted by Crippen LogP contribution is -1.95. The smallest absolute Gasteiger partial charge is 0.160 e. The van der Waals surface area contributed by atoms with E-state index in [-0.39, 0.29) is 0 Å². The van der Waals surface area contributed by atoms with Crippen molar-refractivity contribution in [3.63, 3.8) is 0 Å². The summed E-state index contributed by atoms with van der Waals surface area (Å²) in [7, 11) is 0. The molecule has 0 saturated heterocycles. The number of hydrogen-bond donors (Lipinski definition) is 0. The summed E-state index contributed by atoms with van der Waals surface area (Å²) in [5.41, 5.74) is 9.31. The molecule has 0 atom stereocenters. The van der Waals surface area contributed by atoms with Crippen LogP contribution in [0.15, 0.2) is 127 Å². The van der Waals surface area contributed by atoms with Crippen molar-refractivity contribution in [3.05, 3.63) is 132 Å². The van der Waals surface area contributed by atoms with E-state index in [1.54, 1.807) is 11.3 Å². The Labute approximate surface area is 209 Å². The summed E-state index contributed by atoms with van der Waals surface area (Å²) in [5, 5.41) is 1.11. The first kappa shape index (κ1) is 21.3. The molecule has 0 N–H and O–H groups in total. The predicted octanol–water partition coefficient (Wildman–Crippen LogP) is 9.38. The third-order valence-electron chi connectivity index (χ3n) is 6.36. The first-order chi connectivity index (χ1) is 17.3. The normalized spacial score (nSPS) is 11.0. The van der Waals surface area contributed by atoms with Crippen LogP contribution in [0.4, 0.5) is 0 Å². The third-order valence-corrected chi connectivity index (χ3v) is 7.44. The van der Waals surface area contributed by atoms with Crippen LogP contribution in [0.2, 0.25) is 0 Å². The van der Waals surface area contributed by atoms with Gasteiger partial charge in [0.25, 0.3) is 0 Å². The predicted molar refractivity (Wildman–Crippen MR) is 149 cm³/mol. The van der Waals surface area contributed by atoms with Crippen molar-refractivity contribution in [2.24, 2.45) is 0 Å². The molecule has 166 valence electrons. The minimum absolute atomic E-state index is 0.735. The molecule has 0 spiro atoms. The van der Waals surface area contributed by atoms with Crippen LogP contribution in [-0.2, 0) is 0 Å². The molecule has 2 heteroatoms. The van der Waals surface area contributed by atoms with Gasteiger partial charge in [-0.2, -0.15) is 0 Å². The van der Waals surface area contributed by atoms with Crippen molar-refractivity contribution >= 4 is 27.7 Å². The molecule has 6 rings (SSSR count). The number of carbonyl (C=O) groups excluding carboxylic acids is 1. The van der Waals surface area contributed by atoms with E-state index in [0.717, 1.165) is 49.1 Å². The average molecular weight is 467 g/mol. The summed E-state index contributed by atoms with van der Waals surface area (Å²) < 4.78 is 1.13. The van der Waals surface area contributed by atoms with Gasteiger partial charge in [-0.1, -0.05) is 121 Å². The van der Waals surface area contributed by atoms with E-state index < -0.39 is 0 Å². The number of fused-ring (bicyclic) bond motifs is 1. The number of hydrogen-bond acceptors (Lipinski definition) is 2. The summed E-state index contributed by atoms with van der Waals surface area (Å²) in [6.45, 7) is 0. The molecular formula is C33H22OS. The Kier molecular flexibility index (Phi) is 5.57. The molecule has 1 heterocycles. The largest absolute Gasteiger partial charge is 0.297 e. The molecule has 0 saturated carbocycles. The number of rotatable bonds is 5. The van der Waals surface area contributed by atoms with Crippen molar-refractivity contribution in [2.75, 3.05) is 0 Å². The van der Waals surface area contributed by atoms with Crippen LogP contribution in [0.1, 0.15) is 9.67 Å². The molecule has 0 radical (unpaired) electrons. The van der Waals surface area contributed by atoms with E-state index >= 15 is 0 Å². The molecule has 0 fully saturated rings. The molecule has 35 heavy (non-hydrogen) atoms. The molecule has 1 aromatic heterocycles. The van der Waals surface area contributed by atoms with Crippen LogP contribution >= 0.6 is 11.3 Å². The minimum Gasteiger partial charge on any atom is -0.297 e. The van der Waals surface area contributed by atoms with Gasteiger partial charge in [-0.05, 0) is 45.0 Å². The zero-order valence-electron chi connectivity index (χ0n) is 19.0. The number of carbonyl (C=O) groups is 1. The maximum Gasteiger partial charge on any atom is 0.160 e. The second-order valence-corrected chi connectivity index (χ2v) is 9.56. The maximum absolute atomic E-state index is 12.0. The molecule has 0 bridgehead atoms. The summed E-state index contributed by atoms with van der Waals surface area (Å²) in [4.78, 5) is 12.7. The van der Waals surface area contributed by atoms with E-state index in [0.29, 0.717) is 0 Å². The van der Waals surface area contributed by atoms with Crippen LogP contribution in [0.3, 0.4) is 0 Å². The van der Waals surface area contributed by atoms with Crippen LogP contribution in [-0.4, -0.2) is 6.29 Å². The van der Waals surface area contributed by atoms with Gasteiger partial charge < -0.3 is 0 Å². The van der Waals surface area contributed by atoms with E-state index in [1.165, 1.54) is 16.7 Å². The van der Waals surface area contributed by atoms with Gasteiger partial charge in [-0.15, -0.1) is 11.3 Å². The first-order valence-corrected chi connectivity index (χ1v) is 12.5. The van der Waals surface area contributed by atoms with Crippen molar-refractivity contribution < 1.29 is 4.79 Å².